The number of aromatic hydroxyl groups is 1. The van der Waals surface area contributed by atoms with Crippen molar-refractivity contribution in [3.8, 4) is 5.75 Å². The van der Waals surface area contributed by atoms with Crippen molar-refractivity contribution < 1.29 is 14.8 Å². The van der Waals surface area contributed by atoms with Gasteiger partial charge >= 0.3 is 5.69 Å². The van der Waals surface area contributed by atoms with Gasteiger partial charge in [0.15, 0.2) is 5.13 Å². The van der Waals surface area contributed by atoms with Gasteiger partial charge in [0.05, 0.1) is 10.5 Å². The Morgan fingerprint density at radius 1 is 1.53 bits per heavy atom. The number of thiazole rings is 1. The molecular weight excluding hydrogens is 270 g/mol. The SMILES string of the molecule is Cc1cnc(NC(=O)c2cccc([N+](=O)[O-])c2O)s1. The second kappa shape index (κ2) is 5.02. The number of nitro groups is 1. The lowest BCUT2D eigenvalue weighted by atomic mass is 10.1. The molecule has 2 N–H and O–H groups in total. The molecule has 0 unspecified atom stereocenters. The summed E-state index contributed by atoms with van der Waals surface area (Å²) >= 11 is 1.27. The largest absolute Gasteiger partial charge is 0.502 e. The highest BCUT2D eigenvalue weighted by Crippen LogP contribution is 2.30. The summed E-state index contributed by atoms with van der Waals surface area (Å²) < 4.78 is 0. The minimum absolute atomic E-state index is 0.165. The third-order valence-electron chi connectivity index (χ3n) is 2.30. The van der Waals surface area contributed by atoms with Gasteiger partial charge in [-0.1, -0.05) is 6.07 Å². The van der Waals surface area contributed by atoms with E-state index in [0.717, 1.165) is 10.9 Å². The van der Waals surface area contributed by atoms with Crippen LogP contribution in [0.1, 0.15) is 15.2 Å². The average molecular weight is 279 g/mol. The van der Waals surface area contributed by atoms with E-state index in [9.17, 15) is 20.0 Å². The zero-order valence-corrected chi connectivity index (χ0v) is 10.6. The van der Waals surface area contributed by atoms with E-state index in [4.69, 9.17) is 0 Å². The highest BCUT2D eigenvalue weighted by molar-refractivity contribution is 7.15. The third-order valence-corrected chi connectivity index (χ3v) is 3.13. The number of nitrogens with zero attached hydrogens (tertiary/aromatic N) is 2. The Labute approximate surface area is 111 Å². The van der Waals surface area contributed by atoms with E-state index in [1.165, 1.54) is 23.5 Å². The summed E-state index contributed by atoms with van der Waals surface area (Å²) in [6.45, 7) is 1.83. The minimum atomic E-state index is -0.750. The number of anilines is 1. The smallest absolute Gasteiger partial charge is 0.311 e. The maximum Gasteiger partial charge on any atom is 0.311 e. The predicted octanol–water partition coefficient (Wildman–Crippen LogP) is 2.32. The van der Waals surface area contributed by atoms with Crippen LogP contribution in [0.5, 0.6) is 5.75 Å². The average Bonchev–Trinajstić information content (AvgIpc) is 2.74. The zero-order chi connectivity index (χ0) is 14.0. The molecule has 1 aromatic carbocycles. The van der Waals surface area contributed by atoms with Crippen LogP contribution in [0, 0.1) is 17.0 Å². The second-order valence-corrected chi connectivity index (χ2v) is 4.90. The first-order valence-electron chi connectivity index (χ1n) is 5.19. The molecule has 98 valence electrons. The van der Waals surface area contributed by atoms with Crippen molar-refractivity contribution in [2.75, 3.05) is 5.32 Å². The molecule has 0 saturated heterocycles. The zero-order valence-electron chi connectivity index (χ0n) is 9.78. The lowest BCUT2D eigenvalue weighted by Gasteiger charge is -2.04. The molecule has 1 heterocycles. The number of aromatic nitrogens is 1. The van der Waals surface area contributed by atoms with Crippen LogP contribution in [-0.2, 0) is 0 Å². The molecule has 2 aromatic rings. The number of hydrogen-bond acceptors (Lipinski definition) is 6. The van der Waals surface area contributed by atoms with Crippen LogP contribution >= 0.6 is 11.3 Å². The molecule has 0 aliphatic heterocycles. The number of hydrogen-bond donors (Lipinski definition) is 2. The normalized spacial score (nSPS) is 10.2. The molecular formula is C11H9N3O4S. The summed E-state index contributed by atoms with van der Waals surface area (Å²) in [5.41, 5.74) is -0.676. The lowest BCUT2D eigenvalue weighted by Crippen LogP contribution is -2.12. The quantitative estimate of drug-likeness (QED) is 0.662. The van der Waals surface area contributed by atoms with Gasteiger partial charge in [-0.05, 0) is 13.0 Å². The van der Waals surface area contributed by atoms with Crippen molar-refractivity contribution in [1.82, 2.24) is 4.98 Å². The van der Waals surface area contributed by atoms with Crippen molar-refractivity contribution in [1.29, 1.82) is 0 Å². The molecule has 19 heavy (non-hydrogen) atoms. The highest BCUT2D eigenvalue weighted by Gasteiger charge is 2.21. The van der Waals surface area contributed by atoms with Gasteiger partial charge in [0, 0.05) is 17.1 Å². The molecule has 0 aliphatic rings. The number of nitrogens with one attached hydrogen (secondary N) is 1. The van der Waals surface area contributed by atoms with Crippen molar-refractivity contribution in [2.45, 2.75) is 6.92 Å². The van der Waals surface area contributed by atoms with Crippen LogP contribution in [0.2, 0.25) is 0 Å². The Bertz CT molecular complexity index is 653. The number of phenols is 1. The topological polar surface area (TPSA) is 105 Å². The van der Waals surface area contributed by atoms with Crippen molar-refractivity contribution in [3.05, 3.63) is 45.0 Å². The first-order chi connectivity index (χ1) is 8.99. The molecule has 0 saturated carbocycles. The number of nitro benzene ring substituents is 1. The van der Waals surface area contributed by atoms with Gasteiger partial charge in [-0.2, -0.15) is 0 Å². The number of benzene rings is 1. The second-order valence-electron chi connectivity index (χ2n) is 3.66. The number of carbonyl (C=O) groups is 1. The first-order valence-corrected chi connectivity index (χ1v) is 6.01. The third kappa shape index (κ3) is 2.68. The van der Waals surface area contributed by atoms with Gasteiger partial charge in [-0.3, -0.25) is 20.2 Å². The van der Waals surface area contributed by atoms with Gasteiger partial charge in [0.2, 0.25) is 5.75 Å². The minimum Gasteiger partial charge on any atom is -0.502 e. The van der Waals surface area contributed by atoms with Crippen LogP contribution in [0.3, 0.4) is 0 Å². The fourth-order valence-electron chi connectivity index (χ4n) is 1.44. The Kier molecular flexibility index (Phi) is 3.43. The number of carbonyl (C=O) groups excluding carboxylic acids is 1. The molecule has 0 fully saturated rings. The molecule has 1 amide bonds. The predicted molar refractivity (Wildman–Crippen MR) is 69.6 cm³/mol. The fraction of sp³-hybridized carbons (Fsp3) is 0.0909. The monoisotopic (exact) mass is 279 g/mol. The van der Waals surface area contributed by atoms with Gasteiger partial charge in [-0.25, -0.2) is 4.98 Å². The van der Waals surface area contributed by atoms with Crippen molar-refractivity contribution in [3.63, 3.8) is 0 Å². The van der Waals surface area contributed by atoms with E-state index in [2.05, 4.69) is 10.3 Å². The lowest BCUT2D eigenvalue weighted by molar-refractivity contribution is -0.385. The highest BCUT2D eigenvalue weighted by atomic mass is 32.1. The van der Waals surface area contributed by atoms with Gasteiger partial charge < -0.3 is 5.11 Å². The summed E-state index contributed by atoms with van der Waals surface area (Å²) in [6.07, 6.45) is 1.59. The van der Waals surface area contributed by atoms with Gasteiger partial charge in [0.1, 0.15) is 0 Å². The van der Waals surface area contributed by atoms with E-state index >= 15 is 0 Å². The van der Waals surface area contributed by atoms with Gasteiger partial charge in [0.25, 0.3) is 5.91 Å². The molecule has 0 spiro atoms. The van der Waals surface area contributed by atoms with Crippen LogP contribution in [0.25, 0.3) is 0 Å². The molecule has 1 aromatic heterocycles. The Morgan fingerprint density at radius 2 is 2.26 bits per heavy atom. The van der Waals surface area contributed by atoms with Crippen molar-refractivity contribution in [2.24, 2.45) is 0 Å². The molecule has 0 aliphatic carbocycles. The summed E-state index contributed by atoms with van der Waals surface area (Å²) in [5, 5.41) is 23.2. The molecule has 8 heteroatoms. The van der Waals surface area contributed by atoms with E-state index in [1.54, 1.807) is 6.20 Å². The fourth-order valence-corrected chi connectivity index (χ4v) is 2.10. The van der Waals surface area contributed by atoms with Crippen molar-refractivity contribution >= 4 is 28.1 Å². The molecule has 7 nitrogen and oxygen atoms in total. The van der Waals surface area contributed by atoms with Crippen LogP contribution in [0.4, 0.5) is 10.8 Å². The van der Waals surface area contributed by atoms with Crippen LogP contribution in [-0.4, -0.2) is 20.9 Å². The molecule has 2 rings (SSSR count). The summed E-state index contributed by atoms with van der Waals surface area (Å²) in [6, 6.07) is 3.76. The van der Waals surface area contributed by atoms with E-state index in [-0.39, 0.29) is 5.56 Å². The van der Waals surface area contributed by atoms with Crippen LogP contribution in [0.15, 0.2) is 24.4 Å². The molecule has 0 radical (unpaired) electrons. The van der Waals surface area contributed by atoms with E-state index in [0.29, 0.717) is 5.13 Å². The van der Waals surface area contributed by atoms with E-state index < -0.39 is 22.3 Å². The number of amides is 1. The number of rotatable bonds is 3. The van der Waals surface area contributed by atoms with Gasteiger partial charge in [-0.15, -0.1) is 11.3 Å². The summed E-state index contributed by atoms with van der Waals surface area (Å²) in [4.78, 5) is 26.7. The Balaban J connectivity index is 2.29. The maximum absolute atomic E-state index is 11.9. The first kappa shape index (κ1) is 13.0. The van der Waals surface area contributed by atoms with E-state index in [1.807, 2.05) is 6.92 Å². The Hall–Kier alpha value is -2.48. The summed E-state index contributed by atoms with van der Waals surface area (Å²) in [5.74, 6) is -1.30. The molecule has 0 atom stereocenters. The number of aryl methyl sites for hydroxylation is 1. The number of phenolic OH excluding ortho intramolecular Hbond substituents is 1. The number of para-hydroxylation sites is 1. The summed E-state index contributed by atoms with van der Waals surface area (Å²) in [7, 11) is 0. The Morgan fingerprint density at radius 3 is 2.84 bits per heavy atom. The van der Waals surface area contributed by atoms with Crippen LogP contribution < -0.4 is 5.32 Å². The standard InChI is InChI=1S/C11H9N3O4S/c1-6-5-12-11(19-6)13-10(16)7-3-2-4-8(9(7)15)14(17)18/h2-5,15H,1H3,(H,12,13,16). The molecule has 0 bridgehead atoms. The maximum atomic E-state index is 11.9.